The van der Waals surface area contributed by atoms with Gasteiger partial charge in [0.15, 0.2) is 21.2 Å². The molecule has 4 heterocycles. The quantitative estimate of drug-likeness (QED) is 0.701. The van der Waals surface area contributed by atoms with Gasteiger partial charge in [-0.3, -0.25) is 9.59 Å². The molecule has 1 aromatic carbocycles. The van der Waals surface area contributed by atoms with Crippen LogP contribution in [-0.2, 0) is 30.2 Å². The number of hydrogen-bond donors (Lipinski definition) is 0. The van der Waals surface area contributed by atoms with E-state index in [0.29, 0.717) is 11.5 Å². The van der Waals surface area contributed by atoms with Gasteiger partial charge in [-0.05, 0) is 42.7 Å². The van der Waals surface area contributed by atoms with Crippen molar-refractivity contribution in [1.29, 1.82) is 5.26 Å². The second-order valence-corrected chi connectivity index (χ2v) is 10.8. The lowest BCUT2D eigenvalue weighted by Gasteiger charge is -2.39. The number of likely N-dealkylation sites (N-methyl/N-ethyl adjacent to an activating group) is 1. The highest BCUT2D eigenvalue weighted by Crippen LogP contribution is 2.65. The molecule has 2 amide bonds. The first kappa shape index (κ1) is 17.0. The highest BCUT2D eigenvalue weighted by molar-refractivity contribution is 8.31. The molecular weight excluding hydrogens is 386 g/mol. The minimum absolute atomic E-state index is 0.141. The van der Waals surface area contributed by atoms with Crippen molar-refractivity contribution >= 4 is 32.5 Å². The Morgan fingerprint density at radius 2 is 1.96 bits per heavy atom. The second-order valence-electron chi connectivity index (χ2n) is 7.80. The van der Waals surface area contributed by atoms with E-state index in [1.54, 1.807) is 37.9 Å². The Morgan fingerprint density at radius 1 is 1.26 bits per heavy atom. The first-order chi connectivity index (χ1) is 12.7. The fourth-order valence-electron chi connectivity index (χ4n) is 4.92. The number of nitrogens with zero attached hydrogens (tertiary/aromatic N) is 3. The van der Waals surface area contributed by atoms with Crippen molar-refractivity contribution in [2.45, 2.75) is 36.1 Å². The second kappa shape index (κ2) is 4.80. The predicted octanol–water partition coefficient (Wildman–Crippen LogP) is 1.20. The van der Waals surface area contributed by atoms with Crippen molar-refractivity contribution in [2.75, 3.05) is 13.8 Å². The molecule has 7 nitrogen and oxygen atoms in total. The maximum absolute atomic E-state index is 13.5. The molecule has 0 radical (unpaired) electrons. The summed E-state index contributed by atoms with van der Waals surface area (Å²) < 4.78 is 10.8. The normalized spacial score (nSPS) is 41.3. The zero-order valence-electron chi connectivity index (χ0n) is 15.0. The van der Waals surface area contributed by atoms with E-state index in [1.807, 2.05) is 6.07 Å². The van der Waals surface area contributed by atoms with Gasteiger partial charge in [0, 0.05) is 13.5 Å². The number of carbonyl (C=O) groups excluding carboxylic acids is 2. The molecule has 0 aromatic heterocycles. The van der Waals surface area contributed by atoms with Crippen LogP contribution in [-0.4, -0.2) is 45.2 Å². The smallest absolute Gasteiger partial charge is 0.261 e. The topological polar surface area (TPSA) is 82.9 Å². The van der Waals surface area contributed by atoms with Crippen molar-refractivity contribution in [1.82, 2.24) is 9.80 Å². The van der Waals surface area contributed by atoms with Gasteiger partial charge in [-0.1, -0.05) is 15.5 Å². The highest BCUT2D eigenvalue weighted by Gasteiger charge is 2.80. The predicted molar refractivity (Wildman–Crippen MR) is 99.1 cm³/mol. The number of benzene rings is 1. The van der Waals surface area contributed by atoms with Gasteiger partial charge in [-0.15, -0.1) is 0 Å². The number of hydrogen-bond acceptors (Lipinski definition) is 6. The molecule has 27 heavy (non-hydrogen) atoms. The average molecular weight is 403 g/mol. The summed E-state index contributed by atoms with van der Waals surface area (Å²) in [6.07, 6.45) is 0.243. The lowest BCUT2D eigenvalue weighted by Crippen LogP contribution is -2.60. The summed E-state index contributed by atoms with van der Waals surface area (Å²) in [5.74, 6) is 0.875. The van der Waals surface area contributed by atoms with Crippen LogP contribution in [0.2, 0.25) is 0 Å². The van der Waals surface area contributed by atoms with Gasteiger partial charge in [-0.2, -0.15) is 5.26 Å². The number of ether oxygens (including phenoxy) is 2. The molecule has 1 spiro atoms. The Morgan fingerprint density at radius 3 is 2.67 bits per heavy atom. The molecular formula is C18H17N3O4S2. The summed E-state index contributed by atoms with van der Waals surface area (Å²) >= 11 is 5.76. The molecule has 2 bridgehead atoms. The number of nitriles is 1. The Hall–Kier alpha value is -2.18. The van der Waals surface area contributed by atoms with Gasteiger partial charge in [0.2, 0.25) is 6.79 Å². The first-order valence-electron chi connectivity index (χ1n) is 8.56. The van der Waals surface area contributed by atoms with Crippen LogP contribution in [0.1, 0.15) is 31.9 Å². The summed E-state index contributed by atoms with van der Waals surface area (Å²) in [6.45, 7) is 3.69. The first-order valence-corrected chi connectivity index (χ1v) is 10.7. The minimum atomic E-state index is -1.12. The van der Waals surface area contributed by atoms with Crippen LogP contribution in [0.4, 0.5) is 0 Å². The molecule has 5 rings (SSSR count). The fourth-order valence-corrected chi connectivity index (χ4v) is 8.44. The minimum Gasteiger partial charge on any atom is -0.454 e. The maximum Gasteiger partial charge on any atom is 0.261 e. The van der Waals surface area contributed by atoms with Crippen LogP contribution < -0.4 is 9.47 Å². The molecule has 0 aliphatic carbocycles. The lowest BCUT2D eigenvalue weighted by molar-refractivity contribution is -0.159. The van der Waals surface area contributed by atoms with Crippen LogP contribution in [0.3, 0.4) is 0 Å². The molecule has 4 aliphatic rings. The van der Waals surface area contributed by atoms with E-state index in [1.165, 1.54) is 4.90 Å². The monoisotopic (exact) mass is 403 g/mol. The summed E-state index contributed by atoms with van der Waals surface area (Å²) in [4.78, 5) is 27.6. The number of fused-ring (bicyclic) bond motifs is 2. The van der Waals surface area contributed by atoms with E-state index in [2.05, 4.69) is 6.07 Å². The molecule has 2 unspecified atom stereocenters. The molecule has 0 saturated carbocycles. The van der Waals surface area contributed by atoms with Crippen LogP contribution in [0.15, 0.2) is 18.2 Å². The van der Waals surface area contributed by atoms with Crippen molar-refractivity contribution in [3.8, 4) is 17.6 Å². The molecule has 5 atom stereocenters. The summed E-state index contributed by atoms with van der Waals surface area (Å²) in [5, 5.41) is 10.0. The third kappa shape index (κ3) is 1.61. The molecule has 4 aliphatic heterocycles. The number of carbonyl (C=O) groups is 2. The highest BCUT2D eigenvalue weighted by atomic mass is 32.8. The van der Waals surface area contributed by atoms with Crippen molar-refractivity contribution in [3.05, 3.63) is 23.8 Å². The van der Waals surface area contributed by atoms with Gasteiger partial charge in [0.05, 0.1) is 17.5 Å². The average Bonchev–Trinajstić information content (AvgIpc) is 3.31. The maximum atomic E-state index is 13.5. The van der Waals surface area contributed by atoms with Gasteiger partial charge < -0.3 is 19.3 Å². The van der Waals surface area contributed by atoms with E-state index >= 15 is 0 Å². The van der Waals surface area contributed by atoms with Crippen molar-refractivity contribution < 1.29 is 19.1 Å². The third-order valence-corrected chi connectivity index (χ3v) is 10.5. The van der Waals surface area contributed by atoms with Gasteiger partial charge >= 0.3 is 0 Å². The van der Waals surface area contributed by atoms with E-state index in [0.717, 1.165) is 5.56 Å². The SMILES string of the molecule is CN1C(=O)[C@@]23C[C@](C)(C#N)C(c4ccc5c(c4)OCO5)N2C(=O)[C@]1(C)S3=S. The van der Waals surface area contributed by atoms with Crippen LogP contribution in [0.5, 0.6) is 11.5 Å². The van der Waals surface area contributed by atoms with Crippen LogP contribution >= 0.6 is 0 Å². The zero-order valence-corrected chi connectivity index (χ0v) is 16.6. The Kier molecular flexibility index (Phi) is 3.02. The zero-order chi connectivity index (χ0) is 19.4. The van der Waals surface area contributed by atoms with Crippen molar-refractivity contribution in [2.24, 2.45) is 5.41 Å². The van der Waals surface area contributed by atoms with Crippen molar-refractivity contribution in [3.63, 3.8) is 0 Å². The van der Waals surface area contributed by atoms with E-state index in [9.17, 15) is 14.9 Å². The van der Waals surface area contributed by atoms with E-state index < -0.39 is 30.7 Å². The van der Waals surface area contributed by atoms with Crippen LogP contribution in [0, 0.1) is 16.7 Å². The summed E-state index contributed by atoms with van der Waals surface area (Å²) in [7, 11) is 0.689. The summed E-state index contributed by atoms with van der Waals surface area (Å²) in [6, 6.07) is 7.23. The molecule has 3 fully saturated rings. The van der Waals surface area contributed by atoms with E-state index in [4.69, 9.17) is 20.7 Å². The van der Waals surface area contributed by atoms with Gasteiger partial charge in [-0.25, -0.2) is 0 Å². The lowest BCUT2D eigenvalue weighted by atomic mass is 9.79. The number of piperazine rings is 1. The van der Waals surface area contributed by atoms with Gasteiger partial charge in [0.1, 0.15) is 0 Å². The van der Waals surface area contributed by atoms with E-state index in [-0.39, 0.29) is 25.0 Å². The fraction of sp³-hybridized carbons (Fsp3) is 0.500. The Labute approximate surface area is 163 Å². The number of rotatable bonds is 1. The Balaban J connectivity index is 1.73. The standard InChI is InChI=1S/C18H17N3O4S2/c1-16(8-19)7-18-15(23)20(3)17(2,27(18)26)14(22)21(18)13(16)10-4-5-11-12(6-10)25-9-24-11/h4-6,13H,7,9H2,1-3H3/t13?,16-,17+,18+,27?/m1/s1. The molecule has 0 N–H and O–H groups in total. The largest absolute Gasteiger partial charge is 0.454 e. The number of amides is 2. The molecule has 1 aromatic rings. The molecule has 3 saturated heterocycles. The molecule has 9 heteroatoms. The Bertz CT molecular complexity index is 1010. The third-order valence-electron chi connectivity index (χ3n) is 6.39. The van der Waals surface area contributed by atoms with Crippen LogP contribution in [0.25, 0.3) is 0 Å². The van der Waals surface area contributed by atoms with Gasteiger partial charge in [0.25, 0.3) is 11.8 Å². The summed E-state index contributed by atoms with van der Waals surface area (Å²) in [5.41, 5.74) is -0.178. The molecule has 140 valence electrons.